The maximum absolute atomic E-state index is 12.0. The summed E-state index contributed by atoms with van der Waals surface area (Å²) in [6.07, 6.45) is 4.22. The van der Waals surface area contributed by atoms with Crippen molar-refractivity contribution in [3.63, 3.8) is 0 Å². The van der Waals surface area contributed by atoms with Crippen molar-refractivity contribution in [2.45, 2.75) is 11.4 Å². The molecule has 2 aromatic heterocycles. The molecule has 0 unspecified atom stereocenters. The molecular formula is C10H13N5O2S. The van der Waals surface area contributed by atoms with Crippen molar-refractivity contribution >= 4 is 15.8 Å². The van der Waals surface area contributed by atoms with E-state index in [1.54, 1.807) is 18.2 Å². The number of hydrogen-bond donors (Lipinski definition) is 2. The predicted molar refractivity (Wildman–Crippen MR) is 66.3 cm³/mol. The highest BCUT2D eigenvalue weighted by atomic mass is 32.2. The van der Waals surface area contributed by atoms with Gasteiger partial charge in [0.25, 0.3) is 10.0 Å². The largest absolute Gasteiger partial charge is 0.329 e. The molecule has 96 valence electrons. The average Bonchev–Trinajstić information content (AvgIpc) is 2.80. The highest BCUT2D eigenvalue weighted by Gasteiger charge is 2.16. The van der Waals surface area contributed by atoms with Gasteiger partial charge in [-0.15, -0.1) is 0 Å². The first-order chi connectivity index (χ1) is 8.62. The van der Waals surface area contributed by atoms with Crippen molar-refractivity contribution < 1.29 is 8.42 Å². The fourth-order valence-electron chi connectivity index (χ4n) is 1.36. The molecule has 0 radical (unpaired) electrons. The van der Waals surface area contributed by atoms with Crippen LogP contribution in [0.2, 0.25) is 0 Å². The van der Waals surface area contributed by atoms with Gasteiger partial charge in [-0.1, -0.05) is 6.07 Å². The van der Waals surface area contributed by atoms with Crippen LogP contribution >= 0.6 is 0 Å². The molecule has 8 heteroatoms. The lowest BCUT2D eigenvalue weighted by atomic mass is 10.5. The Labute approximate surface area is 105 Å². The minimum absolute atomic E-state index is 0.0848. The predicted octanol–water partition coefficient (Wildman–Crippen LogP) is 0.0376. The second-order valence-electron chi connectivity index (χ2n) is 3.55. The summed E-state index contributed by atoms with van der Waals surface area (Å²) in [6, 6.07) is 4.97. The van der Waals surface area contributed by atoms with Crippen LogP contribution in [0.4, 0.5) is 5.82 Å². The van der Waals surface area contributed by atoms with Crippen LogP contribution in [0.15, 0.2) is 41.7 Å². The molecular weight excluding hydrogens is 254 g/mol. The third-order valence-electron chi connectivity index (χ3n) is 2.18. The molecule has 0 saturated heterocycles. The van der Waals surface area contributed by atoms with Crippen LogP contribution in [0, 0.1) is 0 Å². The molecule has 0 saturated carbocycles. The van der Waals surface area contributed by atoms with E-state index in [2.05, 4.69) is 14.8 Å². The fourth-order valence-corrected chi connectivity index (χ4v) is 2.32. The van der Waals surface area contributed by atoms with Gasteiger partial charge in [-0.25, -0.2) is 13.4 Å². The molecule has 3 N–H and O–H groups in total. The number of nitrogens with one attached hydrogen (secondary N) is 1. The Morgan fingerprint density at radius 3 is 2.89 bits per heavy atom. The summed E-state index contributed by atoms with van der Waals surface area (Å²) in [5, 5.41) is 3.91. The molecule has 0 amide bonds. The van der Waals surface area contributed by atoms with Crippen molar-refractivity contribution in [1.29, 1.82) is 0 Å². The molecule has 0 aliphatic rings. The van der Waals surface area contributed by atoms with Gasteiger partial charge in [0.1, 0.15) is 10.7 Å². The van der Waals surface area contributed by atoms with Gasteiger partial charge in [-0.2, -0.15) is 5.10 Å². The van der Waals surface area contributed by atoms with Crippen molar-refractivity contribution in [3.8, 4) is 0 Å². The summed E-state index contributed by atoms with van der Waals surface area (Å²) in [6.45, 7) is 0.869. The summed E-state index contributed by atoms with van der Waals surface area (Å²) in [5.41, 5.74) is 5.37. The van der Waals surface area contributed by atoms with Crippen molar-refractivity contribution in [1.82, 2.24) is 14.8 Å². The summed E-state index contributed by atoms with van der Waals surface area (Å²) >= 11 is 0. The first-order valence-corrected chi connectivity index (χ1v) is 6.76. The standard InChI is InChI=1S/C10H13N5O2S/c11-4-6-15-8-9(7-13-15)18(16,17)14-10-3-1-2-5-12-10/h1-3,5,7-8H,4,6,11H2,(H,12,14). The number of aromatic nitrogens is 3. The van der Waals surface area contributed by atoms with Gasteiger partial charge < -0.3 is 5.73 Å². The monoisotopic (exact) mass is 267 g/mol. The number of anilines is 1. The van der Waals surface area contributed by atoms with Gasteiger partial charge in [-0.3, -0.25) is 9.40 Å². The maximum Gasteiger partial charge on any atom is 0.266 e. The van der Waals surface area contributed by atoms with Crippen LogP contribution < -0.4 is 10.5 Å². The Morgan fingerprint density at radius 2 is 2.22 bits per heavy atom. The zero-order valence-electron chi connectivity index (χ0n) is 9.52. The Balaban J connectivity index is 2.20. The number of pyridine rings is 1. The SMILES string of the molecule is NCCn1cc(S(=O)(=O)Nc2ccccn2)cn1. The summed E-state index contributed by atoms with van der Waals surface area (Å²) < 4.78 is 27.8. The molecule has 0 aliphatic heterocycles. The number of sulfonamides is 1. The Kier molecular flexibility index (Phi) is 3.58. The second-order valence-corrected chi connectivity index (χ2v) is 5.23. The second kappa shape index (κ2) is 5.15. The first kappa shape index (κ1) is 12.5. The van der Waals surface area contributed by atoms with E-state index in [9.17, 15) is 8.42 Å². The van der Waals surface area contributed by atoms with Crippen LogP contribution in [0.5, 0.6) is 0 Å². The Morgan fingerprint density at radius 1 is 1.39 bits per heavy atom. The molecule has 0 aromatic carbocycles. The van der Waals surface area contributed by atoms with E-state index in [0.717, 1.165) is 0 Å². The molecule has 0 atom stereocenters. The Hall–Kier alpha value is -1.93. The molecule has 0 bridgehead atoms. The van der Waals surface area contributed by atoms with Gasteiger partial charge in [0.05, 0.1) is 12.7 Å². The molecule has 0 aliphatic carbocycles. The normalized spacial score (nSPS) is 11.4. The van der Waals surface area contributed by atoms with E-state index in [0.29, 0.717) is 13.1 Å². The fraction of sp³-hybridized carbons (Fsp3) is 0.200. The zero-order chi connectivity index (χ0) is 13.0. The highest BCUT2D eigenvalue weighted by Crippen LogP contribution is 2.12. The van der Waals surface area contributed by atoms with E-state index in [1.165, 1.54) is 23.3 Å². The lowest BCUT2D eigenvalue weighted by molar-refractivity contribution is 0.599. The first-order valence-electron chi connectivity index (χ1n) is 5.28. The van der Waals surface area contributed by atoms with Crippen LogP contribution in [0.3, 0.4) is 0 Å². The molecule has 2 rings (SSSR count). The van der Waals surface area contributed by atoms with Crippen LogP contribution in [-0.2, 0) is 16.6 Å². The molecule has 7 nitrogen and oxygen atoms in total. The van der Waals surface area contributed by atoms with Gasteiger partial charge in [0.2, 0.25) is 0 Å². The van der Waals surface area contributed by atoms with Gasteiger partial charge >= 0.3 is 0 Å². The zero-order valence-corrected chi connectivity index (χ0v) is 10.3. The highest BCUT2D eigenvalue weighted by molar-refractivity contribution is 7.92. The minimum Gasteiger partial charge on any atom is -0.329 e. The lowest BCUT2D eigenvalue weighted by Gasteiger charge is -2.04. The molecule has 2 heterocycles. The van der Waals surface area contributed by atoms with Gasteiger partial charge in [0, 0.05) is 18.9 Å². The quantitative estimate of drug-likeness (QED) is 0.796. The van der Waals surface area contributed by atoms with E-state index in [1.807, 2.05) is 0 Å². The molecule has 18 heavy (non-hydrogen) atoms. The van der Waals surface area contributed by atoms with Crippen molar-refractivity contribution in [2.24, 2.45) is 5.73 Å². The minimum atomic E-state index is -3.65. The maximum atomic E-state index is 12.0. The van der Waals surface area contributed by atoms with Crippen LogP contribution in [0.1, 0.15) is 0 Å². The van der Waals surface area contributed by atoms with Crippen molar-refractivity contribution in [3.05, 3.63) is 36.8 Å². The summed E-state index contributed by atoms with van der Waals surface area (Å²) in [5.74, 6) is 0.268. The number of nitrogens with two attached hydrogens (primary N) is 1. The van der Waals surface area contributed by atoms with E-state index in [4.69, 9.17) is 5.73 Å². The summed E-state index contributed by atoms with van der Waals surface area (Å²) in [7, 11) is -3.65. The van der Waals surface area contributed by atoms with E-state index in [-0.39, 0.29) is 10.7 Å². The third kappa shape index (κ3) is 2.84. The number of nitrogens with zero attached hydrogens (tertiary/aromatic N) is 3. The van der Waals surface area contributed by atoms with Gasteiger partial charge in [0.15, 0.2) is 0 Å². The molecule has 0 spiro atoms. The molecule has 0 fully saturated rings. The Bertz CT molecular complexity index is 608. The molecule has 2 aromatic rings. The van der Waals surface area contributed by atoms with Crippen molar-refractivity contribution in [2.75, 3.05) is 11.3 Å². The van der Waals surface area contributed by atoms with E-state index < -0.39 is 10.0 Å². The van der Waals surface area contributed by atoms with Crippen LogP contribution in [-0.4, -0.2) is 29.7 Å². The van der Waals surface area contributed by atoms with Gasteiger partial charge in [-0.05, 0) is 12.1 Å². The number of rotatable bonds is 5. The topological polar surface area (TPSA) is 103 Å². The summed E-state index contributed by atoms with van der Waals surface area (Å²) in [4.78, 5) is 3.98. The van der Waals surface area contributed by atoms with Crippen LogP contribution in [0.25, 0.3) is 0 Å². The smallest absolute Gasteiger partial charge is 0.266 e. The number of hydrogen-bond acceptors (Lipinski definition) is 5. The lowest BCUT2D eigenvalue weighted by Crippen LogP contribution is -2.13. The average molecular weight is 267 g/mol. The third-order valence-corrected chi connectivity index (χ3v) is 3.49. The van der Waals surface area contributed by atoms with E-state index >= 15 is 0 Å².